The van der Waals surface area contributed by atoms with Gasteiger partial charge >= 0.3 is 5.97 Å². The Hall–Kier alpha value is -2.69. The number of carboxylic acid groups (broad SMARTS) is 1. The summed E-state index contributed by atoms with van der Waals surface area (Å²) < 4.78 is 13.6. The summed E-state index contributed by atoms with van der Waals surface area (Å²) in [5, 5.41) is 8.91. The molecule has 5 heteroatoms. The van der Waals surface area contributed by atoms with Crippen molar-refractivity contribution in [2.75, 3.05) is 0 Å². The Kier molecular flexibility index (Phi) is 3.39. The van der Waals surface area contributed by atoms with Crippen molar-refractivity contribution in [3.63, 3.8) is 0 Å². The average molecular weight is 284 g/mol. The molecule has 0 saturated heterocycles. The number of nitrogens with zero attached hydrogens (tertiary/aromatic N) is 1. The molecule has 0 unspecified atom stereocenters. The fraction of sp³-hybridized carbons (Fsp3) is 0.125. The van der Waals surface area contributed by atoms with E-state index in [9.17, 15) is 9.18 Å². The van der Waals surface area contributed by atoms with Crippen molar-refractivity contribution >= 4 is 17.0 Å². The first-order valence-electron chi connectivity index (χ1n) is 6.59. The largest absolute Gasteiger partial charge is 0.478 e. The number of H-pyrrole nitrogens is 1. The van der Waals surface area contributed by atoms with E-state index in [1.54, 1.807) is 0 Å². The van der Waals surface area contributed by atoms with Gasteiger partial charge in [0, 0.05) is 12.5 Å². The lowest BCUT2D eigenvalue weighted by molar-refractivity contribution is 0.0692. The molecule has 3 rings (SSSR count). The van der Waals surface area contributed by atoms with Crippen LogP contribution in [0.3, 0.4) is 0 Å². The molecule has 3 aromatic rings. The summed E-state index contributed by atoms with van der Waals surface area (Å²) in [4.78, 5) is 18.3. The zero-order valence-corrected chi connectivity index (χ0v) is 11.1. The number of rotatable bonds is 4. The number of halogens is 1. The van der Waals surface area contributed by atoms with Crippen molar-refractivity contribution in [1.29, 1.82) is 0 Å². The van der Waals surface area contributed by atoms with Gasteiger partial charge in [-0.05, 0) is 18.1 Å². The summed E-state index contributed by atoms with van der Waals surface area (Å²) >= 11 is 0. The van der Waals surface area contributed by atoms with Crippen molar-refractivity contribution < 1.29 is 14.3 Å². The first kappa shape index (κ1) is 13.3. The fourth-order valence-electron chi connectivity index (χ4n) is 2.27. The molecule has 1 heterocycles. The van der Waals surface area contributed by atoms with E-state index >= 15 is 0 Å². The number of benzene rings is 2. The molecule has 0 aliphatic carbocycles. The number of fused-ring (bicyclic) bond motifs is 1. The third-order valence-corrected chi connectivity index (χ3v) is 3.34. The van der Waals surface area contributed by atoms with Crippen molar-refractivity contribution in [3.05, 3.63) is 65.2 Å². The van der Waals surface area contributed by atoms with Crippen LogP contribution in [0.4, 0.5) is 4.39 Å². The fourth-order valence-corrected chi connectivity index (χ4v) is 2.27. The van der Waals surface area contributed by atoms with Crippen LogP contribution >= 0.6 is 0 Å². The Morgan fingerprint density at radius 3 is 2.67 bits per heavy atom. The molecule has 0 atom stereocenters. The third-order valence-electron chi connectivity index (χ3n) is 3.34. The maximum absolute atomic E-state index is 13.6. The molecular formula is C16H13FN2O2. The first-order chi connectivity index (χ1) is 10.1. The second-order valence-corrected chi connectivity index (χ2v) is 4.82. The van der Waals surface area contributed by atoms with Gasteiger partial charge in [0.25, 0.3) is 0 Å². The van der Waals surface area contributed by atoms with Gasteiger partial charge in [-0.2, -0.15) is 0 Å². The second kappa shape index (κ2) is 5.36. The van der Waals surface area contributed by atoms with Gasteiger partial charge in [0.05, 0.1) is 16.6 Å². The quantitative estimate of drug-likeness (QED) is 0.773. The minimum Gasteiger partial charge on any atom is -0.478 e. The van der Waals surface area contributed by atoms with Crippen LogP contribution in [0, 0.1) is 5.82 Å². The van der Waals surface area contributed by atoms with Crippen molar-refractivity contribution in [1.82, 2.24) is 9.97 Å². The molecule has 106 valence electrons. The molecule has 0 bridgehead atoms. The number of aromatic carboxylic acids is 1. The minimum atomic E-state index is -1.29. The number of aromatic amines is 1. The summed E-state index contributed by atoms with van der Waals surface area (Å²) in [5.74, 6) is -1.33. The Morgan fingerprint density at radius 2 is 1.95 bits per heavy atom. The topological polar surface area (TPSA) is 66.0 Å². The number of aryl methyl sites for hydroxylation is 2. The van der Waals surface area contributed by atoms with E-state index in [0.29, 0.717) is 17.5 Å². The van der Waals surface area contributed by atoms with E-state index in [2.05, 4.69) is 9.97 Å². The molecule has 2 aromatic carbocycles. The van der Waals surface area contributed by atoms with Gasteiger partial charge in [-0.1, -0.05) is 30.3 Å². The van der Waals surface area contributed by atoms with Gasteiger partial charge in [0.15, 0.2) is 0 Å². The average Bonchev–Trinajstić information content (AvgIpc) is 2.87. The van der Waals surface area contributed by atoms with Crippen LogP contribution < -0.4 is 0 Å². The molecule has 1 aromatic heterocycles. The molecule has 0 saturated carbocycles. The van der Waals surface area contributed by atoms with E-state index < -0.39 is 11.8 Å². The number of hydrogen-bond acceptors (Lipinski definition) is 2. The van der Waals surface area contributed by atoms with Crippen LogP contribution in [-0.4, -0.2) is 21.0 Å². The highest BCUT2D eigenvalue weighted by Crippen LogP contribution is 2.18. The van der Waals surface area contributed by atoms with Crippen LogP contribution in [0.5, 0.6) is 0 Å². The van der Waals surface area contributed by atoms with Crippen LogP contribution in [-0.2, 0) is 12.8 Å². The first-order valence-corrected chi connectivity index (χ1v) is 6.59. The maximum Gasteiger partial charge on any atom is 0.338 e. The molecule has 2 N–H and O–H groups in total. The molecular weight excluding hydrogens is 271 g/mol. The van der Waals surface area contributed by atoms with Gasteiger partial charge in [0.2, 0.25) is 0 Å². The Bertz CT molecular complexity index is 797. The van der Waals surface area contributed by atoms with Gasteiger partial charge in [-0.15, -0.1) is 0 Å². The van der Waals surface area contributed by atoms with E-state index in [-0.39, 0.29) is 5.56 Å². The molecule has 0 radical (unpaired) electrons. The standard InChI is InChI=1S/C16H13FN2O2/c17-12-9-14-13(8-11(12)16(20)21)18-15(19-14)7-6-10-4-2-1-3-5-10/h1-5,8-9H,6-7H2,(H,18,19)(H,20,21). The second-order valence-electron chi connectivity index (χ2n) is 4.82. The molecule has 0 fully saturated rings. The predicted molar refractivity (Wildman–Crippen MR) is 76.9 cm³/mol. The lowest BCUT2D eigenvalue weighted by Gasteiger charge is -1.97. The van der Waals surface area contributed by atoms with Crippen LogP contribution in [0.2, 0.25) is 0 Å². The van der Waals surface area contributed by atoms with E-state index in [4.69, 9.17) is 5.11 Å². The van der Waals surface area contributed by atoms with E-state index in [0.717, 1.165) is 12.2 Å². The monoisotopic (exact) mass is 284 g/mol. The molecule has 0 amide bonds. The summed E-state index contributed by atoms with van der Waals surface area (Å²) in [6.07, 6.45) is 1.50. The number of carboxylic acids is 1. The van der Waals surface area contributed by atoms with E-state index in [1.165, 1.54) is 17.7 Å². The molecule has 0 spiro atoms. The summed E-state index contributed by atoms with van der Waals surface area (Å²) in [6.45, 7) is 0. The lowest BCUT2D eigenvalue weighted by Crippen LogP contribution is -1.99. The Balaban J connectivity index is 1.86. The van der Waals surface area contributed by atoms with E-state index in [1.807, 2.05) is 30.3 Å². The van der Waals surface area contributed by atoms with Crippen molar-refractivity contribution in [2.45, 2.75) is 12.8 Å². The van der Waals surface area contributed by atoms with Gasteiger partial charge in [0.1, 0.15) is 11.6 Å². The smallest absolute Gasteiger partial charge is 0.338 e. The zero-order valence-electron chi connectivity index (χ0n) is 11.1. The normalized spacial score (nSPS) is 10.9. The van der Waals surface area contributed by atoms with Gasteiger partial charge in [-0.25, -0.2) is 14.2 Å². The molecule has 21 heavy (non-hydrogen) atoms. The van der Waals surface area contributed by atoms with Gasteiger partial charge in [-0.3, -0.25) is 0 Å². The summed E-state index contributed by atoms with van der Waals surface area (Å²) in [7, 11) is 0. The molecule has 4 nitrogen and oxygen atoms in total. The Morgan fingerprint density at radius 1 is 1.19 bits per heavy atom. The van der Waals surface area contributed by atoms with Gasteiger partial charge < -0.3 is 10.1 Å². The summed E-state index contributed by atoms with van der Waals surface area (Å²) in [5.41, 5.74) is 1.82. The summed E-state index contributed by atoms with van der Waals surface area (Å²) in [6, 6.07) is 12.4. The number of hydrogen-bond donors (Lipinski definition) is 2. The SMILES string of the molecule is O=C(O)c1cc2nc(CCc3ccccc3)[nH]c2cc1F. The maximum atomic E-state index is 13.6. The predicted octanol–water partition coefficient (Wildman–Crippen LogP) is 3.19. The minimum absolute atomic E-state index is 0.358. The lowest BCUT2D eigenvalue weighted by atomic mass is 10.1. The molecule has 0 aliphatic rings. The number of carbonyl (C=O) groups is 1. The highest BCUT2D eigenvalue weighted by molar-refractivity contribution is 5.92. The highest BCUT2D eigenvalue weighted by Gasteiger charge is 2.13. The van der Waals surface area contributed by atoms with Crippen LogP contribution in [0.25, 0.3) is 11.0 Å². The molecule has 0 aliphatic heterocycles. The number of imidazole rings is 1. The third kappa shape index (κ3) is 2.76. The Labute approximate surface area is 120 Å². The van der Waals surface area contributed by atoms with Crippen LogP contribution in [0.15, 0.2) is 42.5 Å². The number of aromatic nitrogens is 2. The highest BCUT2D eigenvalue weighted by atomic mass is 19.1. The van der Waals surface area contributed by atoms with Crippen LogP contribution in [0.1, 0.15) is 21.7 Å². The number of nitrogens with one attached hydrogen (secondary N) is 1. The zero-order chi connectivity index (χ0) is 14.8. The van der Waals surface area contributed by atoms with Crippen molar-refractivity contribution in [3.8, 4) is 0 Å². The van der Waals surface area contributed by atoms with Crippen molar-refractivity contribution in [2.24, 2.45) is 0 Å².